The molecule has 1 saturated heterocycles. The first-order valence-electron chi connectivity index (χ1n) is 5.35. The number of carbonyl (C=O) groups excluding carboxylic acids is 1. The normalized spacial score (nSPS) is 22.3. The summed E-state index contributed by atoms with van der Waals surface area (Å²) in [6.45, 7) is 8.51. The van der Waals surface area contributed by atoms with Gasteiger partial charge in [-0.05, 0) is 32.2 Å². The van der Waals surface area contributed by atoms with E-state index in [1.807, 2.05) is 0 Å². The summed E-state index contributed by atoms with van der Waals surface area (Å²) in [5.41, 5.74) is 0. The molecule has 1 aliphatic rings. The molecule has 0 aromatic rings. The van der Waals surface area contributed by atoms with Crippen molar-refractivity contribution in [3.05, 3.63) is 0 Å². The lowest BCUT2D eigenvalue weighted by atomic mass is 10.0. The molecule has 1 heterocycles. The second kappa shape index (κ2) is 4.75. The molecule has 13 heavy (non-hydrogen) atoms. The lowest BCUT2D eigenvalue weighted by Crippen LogP contribution is -2.42. The maximum atomic E-state index is 11.2. The first kappa shape index (κ1) is 10.7. The van der Waals surface area contributed by atoms with Gasteiger partial charge < -0.3 is 0 Å². The van der Waals surface area contributed by atoms with Gasteiger partial charge in [0.2, 0.25) is 0 Å². The van der Waals surface area contributed by atoms with E-state index >= 15 is 0 Å². The van der Waals surface area contributed by atoms with Crippen LogP contribution in [-0.2, 0) is 4.79 Å². The van der Waals surface area contributed by atoms with Crippen molar-refractivity contribution in [3.63, 3.8) is 0 Å². The van der Waals surface area contributed by atoms with Gasteiger partial charge in [0.15, 0.2) is 0 Å². The van der Waals surface area contributed by atoms with Crippen LogP contribution in [0.5, 0.6) is 0 Å². The third-order valence-corrected chi connectivity index (χ3v) is 2.72. The molecule has 2 heteroatoms. The fraction of sp³-hybridized carbons (Fsp3) is 0.909. The van der Waals surface area contributed by atoms with E-state index in [1.165, 1.54) is 6.42 Å². The predicted octanol–water partition coefficient (Wildman–Crippen LogP) is 2.09. The van der Waals surface area contributed by atoms with Crippen LogP contribution in [0.25, 0.3) is 0 Å². The van der Waals surface area contributed by atoms with Gasteiger partial charge in [-0.2, -0.15) is 0 Å². The summed E-state index contributed by atoms with van der Waals surface area (Å²) >= 11 is 0. The quantitative estimate of drug-likeness (QED) is 0.667. The highest BCUT2D eigenvalue weighted by molar-refractivity contribution is 5.81. The number of hydrogen-bond donors (Lipinski definition) is 0. The smallest absolute Gasteiger partial charge is 0.146 e. The summed E-state index contributed by atoms with van der Waals surface area (Å²) in [6, 6.07) is 0.573. The van der Waals surface area contributed by atoms with E-state index in [0.717, 1.165) is 25.3 Å². The minimum atomic E-state index is 0.418. The number of rotatable bonds is 3. The molecule has 1 atom stereocenters. The van der Waals surface area contributed by atoms with Crippen molar-refractivity contribution < 1.29 is 4.79 Å². The van der Waals surface area contributed by atoms with E-state index in [4.69, 9.17) is 0 Å². The van der Waals surface area contributed by atoms with Gasteiger partial charge in [-0.1, -0.05) is 13.8 Å². The number of carbonyl (C=O) groups is 1. The molecular weight excluding hydrogens is 162 g/mol. The van der Waals surface area contributed by atoms with Crippen molar-refractivity contribution in [3.8, 4) is 0 Å². The monoisotopic (exact) mass is 183 g/mol. The van der Waals surface area contributed by atoms with Gasteiger partial charge in [-0.25, -0.2) is 0 Å². The predicted molar refractivity (Wildman–Crippen MR) is 54.7 cm³/mol. The van der Waals surface area contributed by atoms with Crippen molar-refractivity contribution in [2.24, 2.45) is 5.92 Å². The number of piperidine rings is 1. The Morgan fingerprint density at radius 1 is 1.38 bits per heavy atom. The summed E-state index contributed by atoms with van der Waals surface area (Å²) < 4.78 is 0. The van der Waals surface area contributed by atoms with Crippen LogP contribution in [0.2, 0.25) is 0 Å². The first-order valence-corrected chi connectivity index (χ1v) is 5.35. The molecule has 76 valence electrons. The lowest BCUT2D eigenvalue weighted by molar-refractivity contribution is -0.122. The van der Waals surface area contributed by atoms with Crippen molar-refractivity contribution in [1.82, 2.24) is 4.90 Å². The highest BCUT2D eigenvalue weighted by atomic mass is 16.1. The van der Waals surface area contributed by atoms with Crippen LogP contribution < -0.4 is 0 Å². The highest BCUT2D eigenvalue weighted by Crippen LogP contribution is 2.15. The minimum Gasteiger partial charge on any atom is -0.298 e. The lowest BCUT2D eigenvalue weighted by Gasteiger charge is -2.32. The standard InChI is InChI=1S/C11H21NO/c1-9(2)7-10(3)12-6-4-5-11(13)8-12/h9-10H,4-8H2,1-3H3. The van der Waals surface area contributed by atoms with Gasteiger partial charge in [0.1, 0.15) is 5.78 Å². The summed E-state index contributed by atoms with van der Waals surface area (Å²) in [5, 5.41) is 0. The average Bonchev–Trinajstić information content (AvgIpc) is 2.03. The maximum absolute atomic E-state index is 11.2. The van der Waals surface area contributed by atoms with E-state index in [-0.39, 0.29) is 0 Å². The van der Waals surface area contributed by atoms with Gasteiger partial charge in [0.05, 0.1) is 6.54 Å². The van der Waals surface area contributed by atoms with Gasteiger partial charge in [0.25, 0.3) is 0 Å². The summed E-state index contributed by atoms with van der Waals surface area (Å²) in [6.07, 6.45) is 3.06. The van der Waals surface area contributed by atoms with Crippen LogP contribution in [0.3, 0.4) is 0 Å². The fourth-order valence-corrected chi connectivity index (χ4v) is 2.07. The Hall–Kier alpha value is -0.370. The SMILES string of the molecule is CC(C)CC(C)N1CCCC(=O)C1. The van der Waals surface area contributed by atoms with E-state index in [9.17, 15) is 4.79 Å². The van der Waals surface area contributed by atoms with E-state index in [0.29, 0.717) is 18.4 Å². The molecule has 0 aliphatic carbocycles. The summed E-state index contributed by atoms with van der Waals surface area (Å²) in [5.74, 6) is 1.15. The zero-order valence-electron chi connectivity index (χ0n) is 9.05. The van der Waals surface area contributed by atoms with Gasteiger partial charge >= 0.3 is 0 Å². The molecule has 0 radical (unpaired) electrons. The Bertz CT molecular complexity index is 177. The molecule has 1 rings (SSSR count). The maximum Gasteiger partial charge on any atom is 0.146 e. The number of likely N-dealkylation sites (tertiary alicyclic amines) is 1. The van der Waals surface area contributed by atoms with E-state index < -0.39 is 0 Å². The highest BCUT2D eigenvalue weighted by Gasteiger charge is 2.21. The van der Waals surface area contributed by atoms with Crippen LogP contribution >= 0.6 is 0 Å². The summed E-state index contributed by atoms with van der Waals surface area (Å²) in [7, 11) is 0. The topological polar surface area (TPSA) is 20.3 Å². The number of Topliss-reactive ketones (excluding diaryl/α,β-unsaturated/α-hetero) is 1. The largest absolute Gasteiger partial charge is 0.298 e. The average molecular weight is 183 g/mol. The zero-order valence-corrected chi connectivity index (χ0v) is 9.05. The Morgan fingerprint density at radius 3 is 2.62 bits per heavy atom. The molecule has 0 bridgehead atoms. The van der Waals surface area contributed by atoms with Gasteiger partial charge in [-0.3, -0.25) is 9.69 Å². The fourth-order valence-electron chi connectivity index (χ4n) is 2.07. The number of ketones is 1. The van der Waals surface area contributed by atoms with E-state index in [2.05, 4.69) is 25.7 Å². The van der Waals surface area contributed by atoms with Crippen LogP contribution in [0.1, 0.15) is 40.0 Å². The Kier molecular flexibility index (Phi) is 3.91. The summed E-state index contributed by atoms with van der Waals surface area (Å²) in [4.78, 5) is 13.5. The van der Waals surface area contributed by atoms with E-state index in [1.54, 1.807) is 0 Å². The molecule has 1 fully saturated rings. The van der Waals surface area contributed by atoms with Crippen molar-refractivity contribution >= 4 is 5.78 Å². The molecule has 2 nitrogen and oxygen atoms in total. The van der Waals surface area contributed by atoms with Crippen LogP contribution in [-0.4, -0.2) is 29.8 Å². The Balaban J connectivity index is 2.36. The first-order chi connectivity index (χ1) is 6.09. The van der Waals surface area contributed by atoms with Crippen LogP contribution in [0, 0.1) is 5.92 Å². The van der Waals surface area contributed by atoms with Crippen LogP contribution in [0.4, 0.5) is 0 Å². The zero-order chi connectivity index (χ0) is 9.84. The van der Waals surface area contributed by atoms with Gasteiger partial charge in [-0.15, -0.1) is 0 Å². The van der Waals surface area contributed by atoms with Crippen molar-refractivity contribution in [2.45, 2.75) is 46.1 Å². The van der Waals surface area contributed by atoms with Crippen molar-refractivity contribution in [2.75, 3.05) is 13.1 Å². The number of hydrogen-bond acceptors (Lipinski definition) is 2. The third kappa shape index (κ3) is 3.47. The molecule has 0 saturated carbocycles. The molecule has 0 aromatic carbocycles. The molecular formula is C11H21NO. The second-order valence-corrected chi connectivity index (χ2v) is 4.59. The Labute approximate surface area is 81.3 Å². The molecule has 0 amide bonds. The van der Waals surface area contributed by atoms with Crippen LogP contribution in [0.15, 0.2) is 0 Å². The van der Waals surface area contributed by atoms with Crippen molar-refractivity contribution in [1.29, 1.82) is 0 Å². The third-order valence-electron chi connectivity index (χ3n) is 2.72. The molecule has 0 spiro atoms. The molecule has 1 aliphatic heterocycles. The van der Waals surface area contributed by atoms with Gasteiger partial charge in [0, 0.05) is 12.5 Å². The molecule has 1 unspecified atom stereocenters. The second-order valence-electron chi connectivity index (χ2n) is 4.59. The Morgan fingerprint density at radius 2 is 2.08 bits per heavy atom. The molecule has 0 aromatic heterocycles. The number of nitrogens with zero attached hydrogens (tertiary/aromatic N) is 1. The molecule has 0 N–H and O–H groups in total. The minimum absolute atomic E-state index is 0.418.